The van der Waals surface area contributed by atoms with Crippen LogP contribution in [0.3, 0.4) is 0 Å². The summed E-state index contributed by atoms with van der Waals surface area (Å²) in [7, 11) is -1.49. The van der Waals surface area contributed by atoms with Crippen molar-refractivity contribution in [2.45, 2.75) is 13.5 Å². The van der Waals surface area contributed by atoms with Crippen LogP contribution in [-0.4, -0.2) is 25.5 Å². The van der Waals surface area contributed by atoms with Gasteiger partial charge in [-0.2, -0.15) is 0 Å². The molecular formula is C10H14BrNO2S. The number of hydrogen-bond donors (Lipinski definition) is 0. The minimum absolute atomic E-state index is 0.136. The number of rotatable bonds is 4. The summed E-state index contributed by atoms with van der Waals surface area (Å²) in [6.45, 7) is 2.06. The number of halogens is 1. The fourth-order valence-corrected chi connectivity index (χ4v) is 2.44. The van der Waals surface area contributed by atoms with Gasteiger partial charge in [-0.1, -0.05) is 28.1 Å². The first-order valence-electron chi connectivity index (χ1n) is 4.64. The third-order valence-corrected chi connectivity index (χ3v) is 4.44. The zero-order valence-electron chi connectivity index (χ0n) is 8.77. The molecule has 0 bridgehead atoms. The lowest BCUT2D eigenvalue weighted by Gasteiger charge is -2.15. The Balaban J connectivity index is 2.79. The molecule has 3 nitrogen and oxygen atoms in total. The number of benzene rings is 1. The molecule has 1 aromatic carbocycles. The van der Waals surface area contributed by atoms with Gasteiger partial charge in [0.15, 0.2) is 0 Å². The van der Waals surface area contributed by atoms with E-state index >= 15 is 0 Å². The van der Waals surface area contributed by atoms with Gasteiger partial charge in [0, 0.05) is 18.1 Å². The summed E-state index contributed by atoms with van der Waals surface area (Å²) in [6, 6.07) is 7.64. The third kappa shape index (κ3) is 3.59. The molecule has 0 amide bonds. The molecule has 0 unspecified atom stereocenters. The van der Waals surface area contributed by atoms with Gasteiger partial charge in [-0.05, 0) is 24.6 Å². The monoisotopic (exact) mass is 291 g/mol. The van der Waals surface area contributed by atoms with Crippen LogP contribution in [0.1, 0.15) is 12.5 Å². The van der Waals surface area contributed by atoms with Crippen molar-refractivity contribution in [2.75, 3.05) is 12.8 Å². The van der Waals surface area contributed by atoms with Gasteiger partial charge in [-0.15, -0.1) is 0 Å². The molecular weight excluding hydrogens is 278 g/mol. The molecule has 0 heterocycles. The Morgan fingerprint density at radius 1 is 1.40 bits per heavy atom. The van der Waals surface area contributed by atoms with E-state index in [4.69, 9.17) is 0 Å². The van der Waals surface area contributed by atoms with Crippen LogP contribution >= 0.6 is 15.9 Å². The molecule has 0 aliphatic rings. The van der Waals surface area contributed by atoms with Crippen molar-refractivity contribution in [1.29, 1.82) is 0 Å². The molecule has 0 atom stereocenters. The Kier molecular flexibility index (Phi) is 4.31. The zero-order chi connectivity index (χ0) is 11.5. The van der Waals surface area contributed by atoms with Crippen molar-refractivity contribution in [1.82, 2.24) is 4.31 Å². The van der Waals surface area contributed by atoms with Crippen LogP contribution in [0.25, 0.3) is 0 Å². The summed E-state index contributed by atoms with van der Waals surface area (Å²) in [5.41, 5.74) is 0.976. The van der Waals surface area contributed by atoms with Crippen molar-refractivity contribution < 1.29 is 8.42 Å². The van der Waals surface area contributed by atoms with Gasteiger partial charge in [0.25, 0.3) is 0 Å². The minimum atomic E-state index is -3.09. The molecule has 0 aliphatic carbocycles. The van der Waals surface area contributed by atoms with Gasteiger partial charge < -0.3 is 0 Å². The highest BCUT2D eigenvalue weighted by Crippen LogP contribution is 2.14. The molecule has 0 aliphatic heterocycles. The Bertz CT molecular complexity index is 431. The molecule has 5 heteroatoms. The van der Waals surface area contributed by atoms with Crippen LogP contribution in [-0.2, 0) is 16.6 Å². The maximum atomic E-state index is 11.5. The standard InChI is InChI=1S/C10H14BrNO2S/c1-3-15(13,14)12(2)8-9-5-4-6-10(11)7-9/h4-7H,3,8H2,1-2H3. The Labute approximate surface area is 99.3 Å². The number of hydrogen-bond acceptors (Lipinski definition) is 2. The van der Waals surface area contributed by atoms with Crippen LogP contribution in [0.5, 0.6) is 0 Å². The first-order valence-corrected chi connectivity index (χ1v) is 7.04. The van der Waals surface area contributed by atoms with E-state index < -0.39 is 10.0 Å². The molecule has 0 saturated heterocycles. The van der Waals surface area contributed by atoms with Crippen molar-refractivity contribution in [3.63, 3.8) is 0 Å². The summed E-state index contributed by atoms with van der Waals surface area (Å²) >= 11 is 3.35. The molecule has 0 fully saturated rings. The fraction of sp³-hybridized carbons (Fsp3) is 0.400. The normalized spacial score (nSPS) is 12.0. The van der Waals surface area contributed by atoms with Gasteiger partial charge in [-0.25, -0.2) is 12.7 Å². The second kappa shape index (κ2) is 5.09. The summed E-state index contributed by atoms with van der Waals surface area (Å²) in [5, 5.41) is 0. The lowest BCUT2D eigenvalue weighted by atomic mass is 10.2. The fourth-order valence-electron chi connectivity index (χ4n) is 1.21. The van der Waals surface area contributed by atoms with E-state index in [1.165, 1.54) is 4.31 Å². The SMILES string of the molecule is CCS(=O)(=O)N(C)Cc1cccc(Br)c1. The number of sulfonamides is 1. The van der Waals surface area contributed by atoms with Gasteiger partial charge in [0.1, 0.15) is 0 Å². The predicted molar refractivity (Wildman–Crippen MR) is 65.1 cm³/mol. The molecule has 1 rings (SSSR count). The van der Waals surface area contributed by atoms with Crippen molar-refractivity contribution in [3.05, 3.63) is 34.3 Å². The average molecular weight is 292 g/mol. The maximum absolute atomic E-state index is 11.5. The van der Waals surface area contributed by atoms with Crippen molar-refractivity contribution in [2.24, 2.45) is 0 Å². The number of nitrogens with zero attached hydrogens (tertiary/aromatic N) is 1. The molecule has 0 aromatic heterocycles. The second-order valence-corrected chi connectivity index (χ2v) is 6.57. The highest BCUT2D eigenvalue weighted by Gasteiger charge is 2.14. The van der Waals surface area contributed by atoms with Crippen LogP contribution < -0.4 is 0 Å². The van der Waals surface area contributed by atoms with Crippen LogP contribution in [0, 0.1) is 0 Å². The quantitative estimate of drug-likeness (QED) is 0.853. The Hall–Kier alpha value is -0.390. The van der Waals surface area contributed by atoms with Crippen LogP contribution in [0.2, 0.25) is 0 Å². The molecule has 15 heavy (non-hydrogen) atoms. The summed E-state index contributed by atoms with van der Waals surface area (Å²) < 4.78 is 25.3. The van der Waals surface area contributed by atoms with E-state index in [0.29, 0.717) is 6.54 Å². The first kappa shape index (κ1) is 12.7. The largest absolute Gasteiger partial charge is 0.213 e. The van der Waals surface area contributed by atoms with E-state index in [2.05, 4.69) is 15.9 Å². The van der Waals surface area contributed by atoms with E-state index in [-0.39, 0.29) is 5.75 Å². The van der Waals surface area contributed by atoms with Crippen molar-refractivity contribution in [3.8, 4) is 0 Å². The summed E-state index contributed by atoms with van der Waals surface area (Å²) in [4.78, 5) is 0. The Morgan fingerprint density at radius 3 is 2.60 bits per heavy atom. The van der Waals surface area contributed by atoms with E-state index in [9.17, 15) is 8.42 Å². The Morgan fingerprint density at radius 2 is 2.07 bits per heavy atom. The topological polar surface area (TPSA) is 37.4 Å². The molecule has 0 saturated carbocycles. The maximum Gasteiger partial charge on any atom is 0.213 e. The van der Waals surface area contributed by atoms with Crippen LogP contribution in [0.15, 0.2) is 28.7 Å². The summed E-state index contributed by atoms with van der Waals surface area (Å²) in [6.07, 6.45) is 0. The van der Waals surface area contributed by atoms with Crippen molar-refractivity contribution >= 4 is 26.0 Å². The van der Waals surface area contributed by atoms with Crippen LogP contribution in [0.4, 0.5) is 0 Å². The smallest absolute Gasteiger partial charge is 0.212 e. The van der Waals surface area contributed by atoms with Gasteiger partial charge in [0.2, 0.25) is 10.0 Å². The highest BCUT2D eigenvalue weighted by molar-refractivity contribution is 9.10. The minimum Gasteiger partial charge on any atom is -0.212 e. The lowest BCUT2D eigenvalue weighted by Crippen LogP contribution is -2.27. The van der Waals surface area contributed by atoms with Gasteiger partial charge in [-0.3, -0.25) is 0 Å². The molecule has 0 spiro atoms. The molecule has 0 radical (unpaired) electrons. The van der Waals surface area contributed by atoms with Gasteiger partial charge in [0.05, 0.1) is 5.75 Å². The molecule has 0 N–H and O–H groups in total. The zero-order valence-corrected chi connectivity index (χ0v) is 11.2. The summed E-state index contributed by atoms with van der Waals surface area (Å²) in [5.74, 6) is 0.136. The lowest BCUT2D eigenvalue weighted by molar-refractivity contribution is 0.468. The highest BCUT2D eigenvalue weighted by atomic mass is 79.9. The van der Waals surface area contributed by atoms with E-state index in [1.807, 2.05) is 24.3 Å². The van der Waals surface area contributed by atoms with Gasteiger partial charge >= 0.3 is 0 Å². The molecule has 84 valence electrons. The first-order chi connectivity index (χ1) is 6.95. The molecule has 1 aromatic rings. The second-order valence-electron chi connectivity index (χ2n) is 3.29. The predicted octanol–water partition coefficient (Wildman–Crippen LogP) is 2.23. The van der Waals surface area contributed by atoms with E-state index in [0.717, 1.165) is 10.0 Å². The third-order valence-electron chi connectivity index (χ3n) is 2.13. The average Bonchev–Trinajstić information content (AvgIpc) is 2.17. The van der Waals surface area contributed by atoms with E-state index in [1.54, 1.807) is 14.0 Å².